The van der Waals surface area contributed by atoms with Crippen LogP contribution in [0.1, 0.15) is 5.56 Å². The number of carbonyl (C=O) groups excluding carboxylic acids is 1. The topological polar surface area (TPSA) is 42.0 Å². The van der Waals surface area contributed by atoms with Crippen LogP contribution in [0.2, 0.25) is 5.02 Å². The summed E-state index contributed by atoms with van der Waals surface area (Å²) in [4.78, 5) is 16.5. The summed E-state index contributed by atoms with van der Waals surface area (Å²) in [6.07, 6.45) is 3.42. The average Bonchev–Trinajstić information content (AvgIpc) is 3.14. The number of rotatable bonds is 3. The van der Waals surface area contributed by atoms with Crippen molar-refractivity contribution in [1.82, 2.24) is 4.90 Å². The van der Waals surface area contributed by atoms with E-state index in [2.05, 4.69) is 4.90 Å². The first-order chi connectivity index (χ1) is 12.7. The minimum atomic E-state index is 0.0153. The molecule has 2 aliphatic heterocycles. The van der Waals surface area contributed by atoms with Gasteiger partial charge in [0.1, 0.15) is 0 Å². The van der Waals surface area contributed by atoms with Crippen molar-refractivity contribution in [2.45, 2.75) is 0 Å². The fraction of sp³-hybridized carbons (Fsp3) is 0.250. The number of nitrogens with zero attached hydrogens (tertiary/aromatic N) is 2. The number of ether oxygens (including phenoxy) is 2. The maximum Gasteiger partial charge on any atom is 0.246 e. The normalized spacial score (nSPS) is 16.3. The van der Waals surface area contributed by atoms with E-state index in [1.54, 1.807) is 6.08 Å². The first-order valence-electron chi connectivity index (χ1n) is 8.57. The molecule has 26 heavy (non-hydrogen) atoms. The molecule has 0 spiro atoms. The van der Waals surface area contributed by atoms with Crippen LogP contribution in [0.15, 0.2) is 48.5 Å². The van der Waals surface area contributed by atoms with Crippen LogP contribution in [-0.2, 0) is 4.79 Å². The molecule has 1 saturated heterocycles. The predicted molar refractivity (Wildman–Crippen MR) is 102 cm³/mol. The van der Waals surface area contributed by atoms with Gasteiger partial charge in [-0.2, -0.15) is 0 Å². The predicted octanol–water partition coefficient (Wildman–Crippen LogP) is 3.43. The van der Waals surface area contributed by atoms with Crippen LogP contribution < -0.4 is 14.4 Å². The summed E-state index contributed by atoms with van der Waals surface area (Å²) in [5.41, 5.74) is 1.94. The molecule has 2 heterocycles. The molecule has 0 N–H and O–H groups in total. The van der Waals surface area contributed by atoms with Gasteiger partial charge in [0.25, 0.3) is 0 Å². The lowest BCUT2D eigenvalue weighted by Gasteiger charge is -2.36. The summed E-state index contributed by atoms with van der Waals surface area (Å²) in [7, 11) is 0. The standard InChI is InChI=1S/C20H19ClN2O3/c21-16-3-1-2-4-17(16)22-9-11-23(12-10-22)20(24)8-6-15-5-7-18-19(13-15)26-14-25-18/h1-8,13H,9-12,14H2/b8-6+. The van der Waals surface area contributed by atoms with E-state index < -0.39 is 0 Å². The Balaban J connectivity index is 1.36. The van der Waals surface area contributed by atoms with Gasteiger partial charge in [-0.15, -0.1) is 0 Å². The van der Waals surface area contributed by atoms with Gasteiger partial charge in [-0.1, -0.05) is 29.8 Å². The summed E-state index contributed by atoms with van der Waals surface area (Å²) in [5.74, 6) is 1.47. The fourth-order valence-electron chi connectivity index (χ4n) is 3.17. The van der Waals surface area contributed by atoms with Crippen molar-refractivity contribution >= 4 is 29.3 Å². The van der Waals surface area contributed by atoms with E-state index in [9.17, 15) is 4.79 Å². The van der Waals surface area contributed by atoms with Gasteiger partial charge in [-0.3, -0.25) is 4.79 Å². The maximum atomic E-state index is 12.5. The third kappa shape index (κ3) is 3.48. The van der Waals surface area contributed by atoms with Crippen molar-refractivity contribution in [1.29, 1.82) is 0 Å². The monoisotopic (exact) mass is 370 g/mol. The molecular formula is C20H19ClN2O3. The fourth-order valence-corrected chi connectivity index (χ4v) is 3.42. The Morgan fingerprint density at radius 3 is 2.58 bits per heavy atom. The Kier molecular flexibility index (Phi) is 4.71. The van der Waals surface area contributed by atoms with E-state index in [1.165, 1.54) is 0 Å². The molecule has 0 bridgehead atoms. The highest BCUT2D eigenvalue weighted by Crippen LogP contribution is 2.32. The molecule has 0 unspecified atom stereocenters. The van der Waals surface area contributed by atoms with Gasteiger partial charge in [0, 0.05) is 32.3 Å². The maximum absolute atomic E-state index is 12.5. The van der Waals surface area contributed by atoms with Gasteiger partial charge in [-0.25, -0.2) is 0 Å². The summed E-state index contributed by atoms with van der Waals surface area (Å²) >= 11 is 6.26. The molecule has 0 aliphatic carbocycles. The van der Waals surface area contributed by atoms with Gasteiger partial charge in [0.05, 0.1) is 10.7 Å². The number of para-hydroxylation sites is 1. The highest BCUT2D eigenvalue weighted by Gasteiger charge is 2.21. The lowest BCUT2D eigenvalue weighted by molar-refractivity contribution is -0.126. The van der Waals surface area contributed by atoms with E-state index in [-0.39, 0.29) is 12.7 Å². The molecule has 1 amide bonds. The van der Waals surface area contributed by atoms with Crippen LogP contribution in [0.25, 0.3) is 6.08 Å². The van der Waals surface area contributed by atoms with Crippen molar-refractivity contribution in [3.05, 3.63) is 59.1 Å². The molecule has 134 valence electrons. The Bertz CT molecular complexity index is 845. The first-order valence-corrected chi connectivity index (χ1v) is 8.94. The largest absolute Gasteiger partial charge is 0.454 e. The van der Waals surface area contributed by atoms with Crippen molar-refractivity contribution < 1.29 is 14.3 Å². The smallest absolute Gasteiger partial charge is 0.246 e. The molecule has 0 saturated carbocycles. The molecule has 2 aromatic rings. The molecule has 2 aromatic carbocycles. The molecule has 0 aromatic heterocycles. The second-order valence-electron chi connectivity index (χ2n) is 6.21. The van der Waals surface area contributed by atoms with Gasteiger partial charge in [-0.05, 0) is 35.9 Å². The zero-order valence-corrected chi connectivity index (χ0v) is 15.0. The number of hydrogen-bond acceptors (Lipinski definition) is 4. The molecule has 6 heteroatoms. The SMILES string of the molecule is O=C(/C=C/c1ccc2c(c1)OCO2)N1CCN(c2ccccc2Cl)CC1. The van der Waals surface area contributed by atoms with E-state index in [1.807, 2.05) is 53.4 Å². The first kappa shape index (κ1) is 16.8. The van der Waals surface area contributed by atoms with Crippen LogP contribution in [-0.4, -0.2) is 43.8 Å². The number of benzene rings is 2. The lowest BCUT2D eigenvalue weighted by Crippen LogP contribution is -2.48. The minimum absolute atomic E-state index is 0.0153. The van der Waals surface area contributed by atoms with Crippen molar-refractivity contribution in [2.24, 2.45) is 0 Å². The summed E-state index contributed by atoms with van der Waals surface area (Å²) in [6, 6.07) is 13.4. The van der Waals surface area contributed by atoms with Crippen molar-refractivity contribution in [3.8, 4) is 11.5 Å². The Labute approximate surface area is 157 Å². The van der Waals surface area contributed by atoms with E-state index >= 15 is 0 Å². The summed E-state index contributed by atoms with van der Waals surface area (Å²) < 4.78 is 10.7. The van der Waals surface area contributed by atoms with Crippen molar-refractivity contribution in [3.63, 3.8) is 0 Å². The van der Waals surface area contributed by atoms with Gasteiger partial charge >= 0.3 is 0 Å². The van der Waals surface area contributed by atoms with Gasteiger partial charge in [0.15, 0.2) is 11.5 Å². The summed E-state index contributed by atoms with van der Waals surface area (Å²) in [6.45, 7) is 3.14. The Morgan fingerprint density at radius 2 is 1.77 bits per heavy atom. The highest BCUT2D eigenvalue weighted by atomic mass is 35.5. The van der Waals surface area contributed by atoms with Crippen LogP contribution in [0.4, 0.5) is 5.69 Å². The van der Waals surface area contributed by atoms with Gasteiger partial charge < -0.3 is 19.3 Å². The molecule has 5 nitrogen and oxygen atoms in total. The number of amides is 1. The molecule has 0 atom stereocenters. The third-order valence-electron chi connectivity index (χ3n) is 4.60. The minimum Gasteiger partial charge on any atom is -0.454 e. The highest BCUT2D eigenvalue weighted by molar-refractivity contribution is 6.33. The van der Waals surface area contributed by atoms with Crippen LogP contribution in [0, 0.1) is 0 Å². The van der Waals surface area contributed by atoms with Crippen molar-refractivity contribution in [2.75, 3.05) is 37.9 Å². The second-order valence-corrected chi connectivity index (χ2v) is 6.62. The number of anilines is 1. The van der Waals surface area contributed by atoms with Crippen LogP contribution in [0.3, 0.4) is 0 Å². The Morgan fingerprint density at radius 1 is 1.00 bits per heavy atom. The number of carbonyl (C=O) groups is 1. The number of hydrogen-bond donors (Lipinski definition) is 0. The molecular weight excluding hydrogens is 352 g/mol. The molecule has 2 aliphatic rings. The molecule has 0 radical (unpaired) electrons. The van der Waals surface area contributed by atoms with Crippen LogP contribution >= 0.6 is 11.6 Å². The van der Waals surface area contributed by atoms with Crippen LogP contribution in [0.5, 0.6) is 11.5 Å². The van der Waals surface area contributed by atoms with E-state index in [4.69, 9.17) is 21.1 Å². The number of fused-ring (bicyclic) bond motifs is 1. The zero-order chi connectivity index (χ0) is 17.9. The quantitative estimate of drug-likeness (QED) is 0.776. The third-order valence-corrected chi connectivity index (χ3v) is 4.92. The molecule has 4 rings (SSSR count). The number of halogens is 1. The van der Waals surface area contributed by atoms with Gasteiger partial charge in [0.2, 0.25) is 12.7 Å². The number of piperazine rings is 1. The van der Waals surface area contributed by atoms with E-state index in [0.29, 0.717) is 18.8 Å². The lowest BCUT2D eigenvalue weighted by atomic mass is 10.2. The Hall–Kier alpha value is -2.66. The second kappa shape index (κ2) is 7.30. The van der Waals surface area contributed by atoms with E-state index in [0.717, 1.165) is 35.1 Å². The zero-order valence-electron chi connectivity index (χ0n) is 14.2. The summed E-state index contributed by atoms with van der Waals surface area (Å²) in [5, 5.41) is 0.745. The molecule has 1 fully saturated rings. The average molecular weight is 371 g/mol.